The van der Waals surface area contributed by atoms with Gasteiger partial charge in [0.25, 0.3) is 5.91 Å². The number of piperidine rings is 1. The fourth-order valence-corrected chi connectivity index (χ4v) is 3.00. The van der Waals surface area contributed by atoms with Crippen LogP contribution in [-0.2, 0) is 0 Å². The summed E-state index contributed by atoms with van der Waals surface area (Å²) >= 11 is 3.39. The monoisotopic (exact) mass is 332 g/mol. The number of aromatic nitrogens is 1. The molecular weight excluding hydrogens is 316 g/mol. The number of nitrogens with zero attached hydrogens (tertiary/aromatic N) is 2. The van der Waals surface area contributed by atoms with Crippen LogP contribution < -0.4 is 0 Å². The second-order valence-corrected chi connectivity index (χ2v) is 6.08. The first-order valence-electron chi connectivity index (χ1n) is 6.91. The van der Waals surface area contributed by atoms with Gasteiger partial charge in [-0.15, -0.1) is 0 Å². The minimum Gasteiger partial charge on any atom is -0.351 e. The zero-order valence-electron chi connectivity index (χ0n) is 11.2. The third-order valence-electron chi connectivity index (χ3n) is 3.89. The predicted molar refractivity (Wildman–Crippen MR) is 82.7 cm³/mol. The van der Waals surface area contributed by atoms with Crippen LogP contribution in [0.15, 0.2) is 53.3 Å². The molecule has 1 saturated heterocycles. The Balaban J connectivity index is 1.63. The van der Waals surface area contributed by atoms with Gasteiger partial charge < -0.3 is 9.47 Å². The highest BCUT2D eigenvalue weighted by molar-refractivity contribution is 9.10. The van der Waals surface area contributed by atoms with Crippen molar-refractivity contribution in [3.05, 3.63) is 58.8 Å². The van der Waals surface area contributed by atoms with Crippen LogP contribution in [0.3, 0.4) is 0 Å². The third kappa shape index (κ3) is 2.80. The number of hydrogen-bond acceptors (Lipinski definition) is 1. The van der Waals surface area contributed by atoms with Gasteiger partial charge in [-0.2, -0.15) is 0 Å². The standard InChI is InChI=1S/C16H17BrN2O/c17-14-5-3-13(4-6-14)16(20)19-11-7-15(8-12-19)18-9-1-2-10-18/h1-6,9-10,15H,7-8,11-12H2. The van der Waals surface area contributed by atoms with E-state index in [1.807, 2.05) is 29.2 Å². The topological polar surface area (TPSA) is 25.2 Å². The highest BCUT2D eigenvalue weighted by atomic mass is 79.9. The first kappa shape index (κ1) is 13.4. The van der Waals surface area contributed by atoms with Crippen molar-refractivity contribution in [3.63, 3.8) is 0 Å². The van der Waals surface area contributed by atoms with Crippen LogP contribution in [-0.4, -0.2) is 28.5 Å². The van der Waals surface area contributed by atoms with Crippen molar-refractivity contribution in [2.45, 2.75) is 18.9 Å². The molecule has 1 aliphatic rings. The number of amides is 1. The van der Waals surface area contributed by atoms with Crippen LogP contribution in [0.4, 0.5) is 0 Å². The lowest BCUT2D eigenvalue weighted by atomic mass is 10.0. The highest BCUT2D eigenvalue weighted by Gasteiger charge is 2.23. The maximum Gasteiger partial charge on any atom is 0.253 e. The average Bonchev–Trinajstić information content (AvgIpc) is 3.02. The molecule has 1 aromatic carbocycles. The molecule has 1 aliphatic heterocycles. The molecule has 0 bridgehead atoms. The largest absolute Gasteiger partial charge is 0.351 e. The zero-order chi connectivity index (χ0) is 13.9. The molecule has 3 nitrogen and oxygen atoms in total. The zero-order valence-corrected chi connectivity index (χ0v) is 12.8. The Morgan fingerprint density at radius 2 is 1.65 bits per heavy atom. The van der Waals surface area contributed by atoms with Gasteiger partial charge in [0.1, 0.15) is 0 Å². The van der Waals surface area contributed by atoms with Crippen molar-refractivity contribution < 1.29 is 4.79 Å². The van der Waals surface area contributed by atoms with Crippen molar-refractivity contribution in [1.29, 1.82) is 0 Å². The SMILES string of the molecule is O=C(c1ccc(Br)cc1)N1CCC(n2cccc2)CC1. The Morgan fingerprint density at radius 1 is 1.05 bits per heavy atom. The van der Waals surface area contributed by atoms with Crippen LogP contribution >= 0.6 is 15.9 Å². The molecule has 3 rings (SSSR count). The molecular formula is C16H17BrN2O. The van der Waals surface area contributed by atoms with Gasteiger partial charge in [-0.3, -0.25) is 4.79 Å². The Bertz CT molecular complexity index is 569. The van der Waals surface area contributed by atoms with Gasteiger partial charge in [0, 0.05) is 41.6 Å². The minimum absolute atomic E-state index is 0.142. The van der Waals surface area contributed by atoms with Gasteiger partial charge in [-0.1, -0.05) is 15.9 Å². The normalized spacial score (nSPS) is 16.4. The first-order valence-corrected chi connectivity index (χ1v) is 7.70. The molecule has 104 valence electrons. The molecule has 2 aromatic rings. The molecule has 0 aliphatic carbocycles. The van der Waals surface area contributed by atoms with E-state index in [1.165, 1.54) is 0 Å². The average molecular weight is 333 g/mol. The maximum atomic E-state index is 12.4. The van der Waals surface area contributed by atoms with E-state index in [4.69, 9.17) is 0 Å². The van der Waals surface area contributed by atoms with Crippen LogP contribution in [0.1, 0.15) is 29.2 Å². The van der Waals surface area contributed by atoms with Crippen molar-refractivity contribution in [2.75, 3.05) is 13.1 Å². The number of likely N-dealkylation sites (tertiary alicyclic amines) is 1. The van der Waals surface area contributed by atoms with Crippen molar-refractivity contribution in [1.82, 2.24) is 9.47 Å². The molecule has 1 amide bonds. The number of halogens is 1. The van der Waals surface area contributed by atoms with E-state index in [-0.39, 0.29) is 5.91 Å². The summed E-state index contributed by atoms with van der Waals surface area (Å²) in [6.07, 6.45) is 6.27. The van der Waals surface area contributed by atoms with Crippen molar-refractivity contribution in [2.24, 2.45) is 0 Å². The molecule has 0 spiro atoms. The van der Waals surface area contributed by atoms with Gasteiger partial charge in [0.15, 0.2) is 0 Å². The van der Waals surface area contributed by atoms with Crippen molar-refractivity contribution in [3.8, 4) is 0 Å². The van der Waals surface area contributed by atoms with Gasteiger partial charge in [0.2, 0.25) is 0 Å². The van der Waals surface area contributed by atoms with Crippen LogP contribution in [0, 0.1) is 0 Å². The lowest BCUT2D eigenvalue weighted by Gasteiger charge is -2.32. The lowest BCUT2D eigenvalue weighted by molar-refractivity contribution is 0.0694. The number of carbonyl (C=O) groups excluding carboxylic acids is 1. The van der Waals surface area contributed by atoms with E-state index in [9.17, 15) is 4.79 Å². The molecule has 2 heterocycles. The Morgan fingerprint density at radius 3 is 2.25 bits per heavy atom. The predicted octanol–water partition coefficient (Wildman–Crippen LogP) is 3.73. The summed E-state index contributed by atoms with van der Waals surface area (Å²) in [5, 5.41) is 0. The summed E-state index contributed by atoms with van der Waals surface area (Å²) in [5.74, 6) is 0.142. The molecule has 0 atom stereocenters. The Hall–Kier alpha value is -1.55. The number of carbonyl (C=O) groups is 1. The fourth-order valence-electron chi connectivity index (χ4n) is 2.73. The summed E-state index contributed by atoms with van der Waals surface area (Å²) in [6.45, 7) is 1.66. The fraction of sp³-hybridized carbons (Fsp3) is 0.312. The van der Waals surface area contributed by atoms with Gasteiger partial charge >= 0.3 is 0 Å². The third-order valence-corrected chi connectivity index (χ3v) is 4.42. The summed E-state index contributed by atoms with van der Waals surface area (Å²) in [7, 11) is 0. The summed E-state index contributed by atoms with van der Waals surface area (Å²) in [4.78, 5) is 14.4. The second-order valence-electron chi connectivity index (χ2n) is 5.16. The molecule has 0 N–H and O–H groups in total. The highest BCUT2D eigenvalue weighted by Crippen LogP contribution is 2.23. The molecule has 0 radical (unpaired) electrons. The molecule has 1 aromatic heterocycles. The van der Waals surface area contributed by atoms with Crippen LogP contribution in [0.5, 0.6) is 0 Å². The van der Waals surface area contributed by atoms with E-state index in [0.29, 0.717) is 6.04 Å². The van der Waals surface area contributed by atoms with Gasteiger partial charge in [-0.05, 0) is 49.2 Å². The van der Waals surface area contributed by atoms with Crippen molar-refractivity contribution >= 4 is 21.8 Å². The molecule has 1 fully saturated rings. The lowest BCUT2D eigenvalue weighted by Crippen LogP contribution is -2.38. The Kier molecular flexibility index (Phi) is 3.92. The molecule has 0 saturated carbocycles. The molecule has 4 heteroatoms. The second kappa shape index (κ2) is 5.83. The quantitative estimate of drug-likeness (QED) is 0.822. The van der Waals surface area contributed by atoms with Gasteiger partial charge in [-0.25, -0.2) is 0 Å². The van der Waals surface area contributed by atoms with Crippen LogP contribution in [0.2, 0.25) is 0 Å². The van der Waals surface area contributed by atoms with Crippen LogP contribution in [0.25, 0.3) is 0 Å². The number of benzene rings is 1. The number of rotatable bonds is 2. The molecule has 0 unspecified atom stereocenters. The van der Waals surface area contributed by atoms with E-state index < -0.39 is 0 Å². The van der Waals surface area contributed by atoms with E-state index in [2.05, 4.69) is 45.0 Å². The first-order chi connectivity index (χ1) is 9.74. The summed E-state index contributed by atoms with van der Waals surface area (Å²) in [5.41, 5.74) is 0.771. The molecule has 20 heavy (non-hydrogen) atoms. The minimum atomic E-state index is 0.142. The summed E-state index contributed by atoms with van der Waals surface area (Å²) in [6, 6.07) is 12.2. The van der Waals surface area contributed by atoms with E-state index >= 15 is 0 Å². The smallest absolute Gasteiger partial charge is 0.253 e. The number of hydrogen-bond donors (Lipinski definition) is 0. The van der Waals surface area contributed by atoms with Gasteiger partial charge in [0.05, 0.1) is 0 Å². The Labute approximate surface area is 127 Å². The van der Waals surface area contributed by atoms with E-state index in [0.717, 1.165) is 36.0 Å². The summed E-state index contributed by atoms with van der Waals surface area (Å²) < 4.78 is 3.25. The maximum absolute atomic E-state index is 12.4. The van der Waals surface area contributed by atoms with E-state index in [1.54, 1.807) is 0 Å².